The molecule has 2 rings (SSSR count). The smallest absolute Gasteiger partial charge is 0.253 e. The van der Waals surface area contributed by atoms with Crippen LogP contribution < -0.4 is 0 Å². The average Bonchev–Trinajstić information content (AvgIpc) is 2.77. The molecule has 4 heteroatoms. The molecule has 1 aliphatic heterocycles. The van der Waals surface area contributed by atoms with Crippen LogP contribution in [-0.2, 0) is 0 Å². The van der Waals surface area contributed by atoms with Crippen LogP contribution in [0.4, 0.5) is 0 Å². The zero-order chi connectivity index (χ0) is 11.5. The van der Waals surface area contributed by atoms with E-state index in [2.05, 4.69) is 12.6 Å². The molecule has 1 atom stereocenters. The molecule has 16 heavy (non-hydrogen) atoms. The number of likely N-dealkylation sites (tertiary alicyclic amines) is 1. The Kier molecular flexibility index (Phi) is 3.51. The average molecular weight is 237 g/mol. The standard InChI is InChI=1S/C12H15NO2S/c14-8-9-5-6-13(7-9)12(15)10-1-3-11(16)4-2-10/h1-4,9,14,16H,5-8H2. The summed E-state index contributed by atoms with van der Waals surface area (Å²) in [5, 5.41) is 9.02. The molecule has 0 aromatic heterocycles. The first-order valence-corrected chi connectivity index (χ1v) is 5.84. The number of benzene rings is 1. The summed E-state index contributed by atoms with van der Waals surface area (Å²) in [4.78, 5) is 14.7. The number of amides is 1. The van der Waals surface area contributed by atoms with Crippen molar-refractivity contribution < 1.29 is 9.90 Å². The van der Waals surface area contributed by atoms with E-state index in [1.54, 1.807) is 17.0 Å². The Balaban J connectivity index is 2.05. The van der Waals surface area contributed by atoms with E-state index in [-0.39, 0.29) is 18.4 Å². The molecular weight excluding hydrogens is 222 g/mol. The largest absolute Gasteiger partial charge is 0.396 e. The quantitative estimate of drug-likeness (QED) is 0.764. The number of aliphatic hydroxyl groups excluding tert-OH is 1. The first-order valence-electron chi connectivity index (χ1n) is 5.40. The lowest BCUT2D eigenvalue weighted by Crippen LogP contribution is -2.29. The summed E-state index contributed by atoms with van der Waals surface area (Å²) in [6.45, 7) is 1.57. The maximum Gasteiger partial charge on any atom is 0.253 e. The van der Waals surface area contributed by atoms with Crippen molar-refractivity contribution in [3.63, 3.8) is 0 Å². The highest BCUT2D eigenvalue weighted by molar-refractivity contribution is 7.80. The minimum atomic E-state index is 0.0456. The lowest BCUT2D eigenvalue weighted by molar-refractivity contribution is 0.0782. The van der Waals surface area contributed by atoms with Crippen molar-refractivity contribution in [2.75, 3.05) is 19.7 Å². The molecule has 1 aromatic carbocycles. The number of carbonyl (C=O) groups is 1. The highest BCUT2D eigenvalue weighted by Gasteiger charge is 2.26. The molecule has 86 valence electrons. The first kappa shape index (κ1) is 11.5. The van der Waals surface area contributed by atoms with Crippen molar-refractivity contribution in [1.82, 2.24) is 4.90 Å². The van der Waals surface area contributed by atoms with Gasteiger partial charge in [0.25, 0.3) is 5.91 Å². The lowest BCUT2D eigenvalue weighted by Gasteiger charge is -2.16. The Morgan fingerprint density at radius 3 is 2.69 bits per heavy atom. The van der Waals surface area contributed by atoms with Crippen molar-refractivity contribution in [1.29, 1.82) is 0 Å². The summed E-state index contributed by atoms with van der Waals surface area (Å²) < 4.78 is 0. The lowest BCUT2D eigenvalue weighted by atomic mass is 10.1. The number of thiol groups is 1. The van der Waals surface area contributed by atoms with Crippen LogP contribution in [0.2, 0.25) is 0 Å². The van der Waals surface area contributed by atoms with Crippen LogP contribution in [0.3, 0.4) is 0 Å². The van der Waals surface area contributed by atoms with Gasteiger partial charge in [0.2, 0.25) is 0 Å². The van der Waals surface area contributed by atoms with Crippen LogP contribution >= 0.6 is 12.6 Å². The van der Waals surface area contributed by atoms with E-state index in [0.717, 1.165) is 17.9 Å². The summed E-state index contributed by atoms with van der Waals surface area (Å²) in [7, 11) is 0. The van der Waals surface area contributed by atoms with Gasteiger partial charge in [-0.25, -0.2) is 0 Å². The number of hydrogen-bond acceptors (Lipinski definition) is 3. The van der Waals surface area contributed by atoms with Gasteiger partial charge in [0, 0.05) is 36.1 Å². The minimum absolute atomic E-state index is 0.0456. The van der Waals surface area contributed by atoms with Crippen LogP contribution in [0, 0.1) is 5.92 Å². The second kappa shape index (κ2) is 4.89. The number of carbonyl (C=O) groups excluding carboxylic acids is 1. The van der Waals surface area contributed by atoms with Crippen molar-refractivity contribution in [3.05, 3.63) is 29.8 Å². The number of hydrogen-bond donors (Lipinski definition) is 2. The van der Waals surface area contributed by atoms with E-state index in [1.807, 2.05) is 12.1 Å². The molecular formula is C12H15NO2S. The SMILES string of the molecule is O=C(c1ccc(S)cc1)N1CCC(CO)C1. The van der Waals surface area contributed by atoms with Crippen LogP contribution in [0.25, 0.3) is 0 Å². The topological polar surface area (TPSA) is 40.5 Å². The van der Waals surface area contributed by atoms with E-state index >= 15 is 0 Å². The van der Waals surface area contributed by atoms with Gasteiger partial charge in [-0.05, 0) is 30.7 Å². The van der Waals surface area contributed by atoms with Crippen LogP contribution in [0.5, 0.6) is 0 Å². The van der Waals surface area contributed by atoms with Gasteiger partial charge >= 0.3 is 0 Å². The Hall–Kier alpha value is -1.00. The number of rotatable bonds is 2. The van der Waals surface area contributed by atoms with Gasteiger partial charge in [-0.3, -0.25) is 4.79 Å². The summed E-state index contributed by atoms with van der Waals surface area (Å²) in [5.41, 5.74) is 0.691. The van der Waals surface area contributed by atoms with E-state index in [1.165, 1.54) is 0 Å². The fraction of sp³-hybridized carbons (Fsp3) is 0.417. The zero-order valence-corrected chi connectivity index (χ0v) is 9.86. The normalized spacial score (nSPS) is 20.1. The van der Waals surface area contributed by atoms with Crippen molar-refractivity contribution >= 4 is 18.5 Å². The summed E-state index contributed by atoms with van der Waals surface area (Å²) in [5.74, 6) is 0.289. The molecule has 1 unspecified atom stereocenters. The Bertz CT molecular complexity index is 377. The molecule has 0 saturated carbocycles. The highest BCUT2D eigenvalue weighted by Crippen LogP contribution is 2.18. The van der Waals surface area contributed by atoms with Gasteiger partial charge in [0.15, 0.2) is 0 Å². The molecule has 1 saturated heterocycles. The zero-order valence-electron chi connectivity index (χ0n) is 8.97. The number of aliphatic hydroxyl groups is 1. The van der Waals surface area contributed by atoms with E-state index < -0.39 is 0 Å². The summed E-state index contributed by atoms with van der Waals surface area (Å²) in [6, 6.07) is 7.21. The molecule has 0 radical (unpaired) electrons. The third-order valence-electron chi connectivity index (χ3n) is 2.95. The monoisotopic (exact) mass is 237 g/mol. The molecule has 1 N–H and O–H groups in total. The van der Waals surface area contributed by atoms with Crippen LogP contribution in [-0.4, -0.2) is 35.6 Å². The molecule has 1 aliphatic rings. The van der Waals surface area contributed by atoms with E-state index in [4.69, 9.17) is 5.11 Å². The van der Waals surface area contributed by atoms with Crippen LogP contribution in [0.1, 0.15) is 16.8 Å². The Morgan fingerprint density at radius 1 is 1.44 bits per heavy atom. The second-order valence-corrected chi connectivity index (χ2v) is 4.65. The maximum absolute atomic E-state index is 12.0. The fourth-order valence-corrected chi connectivity index (χ4v) is 2.10. The van der Waals surface area contributed by atoms with Crippen molar-refractivity contribution in [3.8, 4) is 0 Å². The van der Waals surface area contributed by atoms with Gasteiger partial charge < -0.3 is 10.0 Å². The van der Waals surface area contributed by atoms with Gasteiger partial charge in [-0.1, -0.05) is 0 Å². The number of nitrogens with zero attached hydrogens (tertiary/aromatic N) is 1. The predicted octanol–water partition coefficient (Wildman–Crippen LogP) is 1.43. The summed E-state index contributed by atoms with van der Waals surface area (Å²) in [6.07, 6.45) is 0.896. The van der Waals surface area contributed by atoms with E-state index in [0.29, 0.717) is 12.1 Å². The highest BCUT2D eigenvalue weighted by atomic mass is 32.1. The molecule has 3 nitrogen and oxygen atoms in total. The minimum Gasteiger partial charge on any atom is -0.396 e. The molecule has 1 amide bonds. The van der Waals surface area contributed by atoms with E-state index in [9.17, 15) is 4.79 Å². The van der Waals surface area contributed by atoms with Crippen LogP contribution in [0.15, 0.2) is 29.2 Å². The molecule has 0 bridgehead atoms. The first-order chi connectivity index (χ1) is 7.70. The maximum atomic E-state index is 12.0. The third kappa shape index (κ3) is 2.39. The second-order valence-electron chi connectivity index (χ2n) is 4.14. The van der Waals surface area contributed by atoms with Crippen molar-refractivity contribution in [2.24, 2.45) is 5.92 Å². The third-order valence-corrected chi connectivity index (χ3v) is 3.24. The molecule has 1 aromatic rings. The van der Waals surface area contributed by atoms with Gasteiger partial charge in [-0.2, -0.15) is 0 Å². The Labute approximate surface area is 100 Å². The van der Waals surface area contributed by atoms with Crippen molar-refractivity contribution in [2.45, 2.75) is 11.3 Å². The molecule has 1 heterocycles. The summed E-state index contributed by atoms with van der Waals surface area (Å²) >= 11 is 4.18. The van der Waals surface area contributed by atoms with Gasteiger partial charge in [0.05, 0.1) is 0 Å². The molecule has 0 spiro atoms. The molecule has 0 aliphatic carbocycles. The molecule has 1 fully saturated rings. The predicted molar refractivity (Wildman–Crippen MR) is 64.8 cm³/mol. The van der Waals surface area contributed by atoms with Gasteiger partial charge in [0.1, 0.15) is 0 Å². The van der Waals surface area contributed by atoms with Gasteiger partial charge in [-0.15, -0.1) is 12.6 Å². The fourth-order valence-electron chi connectivity index (χ4n) is 1.95. The Morgan fingerprint density at radius 2 is 2.12 bits per heavy atom.